The van der Waals surface area contributed by atoms with E-state index >= 15 is 0 Å². The second kappa shape index (κ2) is 10.4. The van der Waals surface area contributed by atoms with Crippen molar-refractivity contribution >= 4 is 0 Å². The molecule has 3 unspecified atom stereocenters. The van der Waals surface area contributed by atoms with Crippen LogP contribution in [0.15, 0.2) is 0 Å². The number of rotatable bonds is 9. The largest absolute Gasteiger partial charge is 1.00 e. The Morgan fingerprint density at radius 2 is 1.65 bits per heavy atom. The molecular weight excluding hydrogens is 350 g/mol. The predicted octanol–water partition coefficient (Wildman–Crippen LogP) is 2.00. The van der Waals surface area contributed by atoms with Crippen molar-refractivity contribution in [1.82, 2.24) is 0 Å². The number of nitrogens with zero attached hydrogens (tertiary/aromatic N) is 1. The van der Waals surface area contributed by atoms with Gasteiger partial charge in [-0.2, -0.15) is 0 Å². The van der Waals surface area contributed by atoms with Gasteiger partial charge in [-0.05, 0) is 44.4 Å². The first-order valence-corrected chi connectivity index (χ1v) is 9.75. The lowest BCUT2D eigenvalue weighted by Gasteiger charge is -2.50. The highest BCUT2D eigenvalue weighted by Gasteiger charge is 2.47. The van der Waals surface area contributed by atoms with Gasteiger partial charge in [0.05, 0.1) is 20.6 Å². The number of unbranched alkanes of at least 4 members (excludes halogenated alkanes) is 5. The molecule has 0 spiro atoms. The highest BCUT2D eigenvalue weighted by Crippen LogP contribution is 2.40. The minimum Gasteiger partial charge on any atom is -1.00 e. The molecule has 0 aromatic carbocycles. The van der Waals surface area contributed by atoms with Crippen molar-refractivity contribution in [2.45, 2.75) is 97.1 Å². The van der Waals surface area contributed by atoms with Gasteiger partial charge >= 0.3 is 0 Å². The molecule has 0 radical (unpaired) electrons. The van der Waals surface area contributed by atoms with Gasteiger partial charge < -0.3 is 26.6 Å². The maximum absolute atomic E-state index is 10.9. The minimum absolute atomic E-state index is 0. The van der Waals surface area contributed by atoms with Crippen LogP contribution in [0.2, 0.25) is 0 Å². The molecule has 0 amide bonds. The van der Waals surface area contributed by atoms with Crippen LogP contribution in [0.3, 0.4) is 0 Å². The first-order chi connectivity index (χ1) is 10.2. The van der Waals surface area contributed by atoms with E-state index in [1.165, 1.54) is 57.9 Å². The normalized spacial score (nSPS) is 28.7. The average molecular weight is 392 g/mol. The molecule has 3 atom stereocenters. The average Bonchev–Trinajstić information content (AvgIpc) is 2.41. The Labute approximate surface area is 156 Å². The number of aliphatic hydroxyl groups is 1. The molecule has 0 aromatic heterocycles. The van der Waals surface area contributed by atoms with Gasteiger partial charge in [0.25, 0.3) is 0 Å². The molecule has 1 saturated carbocycles. The molecule has 23 heavy (non-hydrogen) atoms. The quantitative estimate of drug-likeness (QED) is 0.470. The van der Waals surface area contributed by atoms with E-state index in [0.717, 1.165) is 22.7 Å². The van der Waals surface area contributed by atoms with Crippen molar-refractivity contribution in [2.75, 3.05) is 20.6 Å². The maximum atomic E-state index is 10.9. The Kier molecular flexibility index (Phi) is 10.6. The van der Waals surface area contributed by atoms with Crippen LogP contribution < -0.4 is 17.0 Å². The van der Waals surface area contributed by atoms with Gasteiger partial charge in [0.2, 0.25) is 0 Å². The molecule has 1 rings (SSSR count). The Bertz CT molecular complexity index is 315. The summed E-state index contributed by atoms with van der Waals surface area (Å²) in [4.78, 5) is 0. The summed E-state index contributed by atoms with van der Waals surface area (Å²) in [5, 5.41) is 10.9. The molecule has 140 valence electrons. The fourth-order valence-electron chi connectivity index (χ4n) is 4.40. The third-order valence-corrected chi connectivity index (χ3v) is 6.14. The van der Waals surface area contributed by atoms with E-state index in [0.29, 0.717) is 6.04 Å². The van der Waals surface area contributed by atoms with E-state index in [2.05, 4.69) is 41.8 Å². The van der Waals surface area contributed by atoms with Crippen molar-refractivity contribution in [3.05, 3.63) is 0 Å². The predicted molar refractivity (Wildman–Crippen MR) is 96.9 cm³/mol. The van der Waals surface area contributed by atoms with E-state index in [9.17, 15) is 5.11 Å². The summed E-state index contributed by atoms with van der Waals surface area (Å²) >= 11 is 0. The van der Waals surface area contributed by atoms with Gasteiger partial charge in [-0.1, -0.05) is 46.5 Å². The van der Waals surface area contributed by atoms with Crippen molar-refractivity contribution in [1.29, 1.82) is 0 Å². The number of halogens is 1. The summed E-state index contributed by atoms with van der Waals surface area (Å²) in [6, 6.07) is 0.393. The van der Waals surface area contributed by atoms with Crippen LogP contribution in [-0.4, -0.2) is 41.9 Å². The summed E-state index contributed by atoms with van der Waals surface area (Å²) in [5.41, 5.74) is -0.489. The van der Waals surface area contributed by atoms with Crippen LogP contribution in [0.5, 0.6) is 0 Å². The zero-order valence-corrected chi connectivity index (χ0v) is 18.2. The van der Waals surface area contributed by atoms with E-state index in [1.807, 2.05) is 0 Å². The second-order valence-electron chi connectivity index (χ2n) is 8.92. The lowest BCUT2D eigenvalue weighted by atomic mass is 9.71. The zero-order chi connectivity index (χ0) is 16.8. The highest BCUT2D eigenvalue weighted by atomic mass is 79.9. The fraction of sp³-hybridized carbons (Fsp3) is 1.00. The van der Waals surface area contributed by atoms with E-state index in [1.54, 1.807) is 0 Å². The first-order valence-electron chi connectivity index (χ1n) is 9.75. The van der Waals surface area contributed by atoms with E-state index < -0.39 is 5.60 Å². The summed E-state index contributed by atoms with van der Waals surface area (Å²) in [6.07, 6.45) is 11.5. The van der Waals surface area contributed by atoms with Crippen LogP contribution in [0.4, 0.5) is 0 Å². The van der Waals surface area contributed by atoms with Gasteiger partial charge in [0.15, 0.2) is 0 Å². The third-order valence-electron chi connectivity index (χ3n) is 6.14. The van der Waals surface area contributed by atoms with Crippen LogP contribution in [0.25, 0.3) is 0 Å². The van der Waals surface area contributed by atoms with Crippen molar-refractivity contribution < 1.29 is 26.6 Å². The molecule has 3 heteroatoms. The SMILES string of the molecule is CCCCCCCC[N+](C)(C)C1CC(C(C)C)CCC1(C)O.[Br-]. The van der Waals surface area contributed by atoms with Gasteiger partial charge in [-0.25, -0.2) is 0 Å². The molecule has 1 aliphatic carbocycles. The highest BCUT2D eigenvalue weighted by molar-refractivity contribution is 4.91. The molecule has 2 nitrogen and oxygen atoms in total. The van der Waals surface area contributed by atoms with Gasteiger partial charge in [0.1, 0.15) is 11.6 Å². The van der Waals surface area contributed by atoms with Crippen molar-refractivity contribution in [3.63, 3.8) is 0 Å². The number of hydrogen-bond donors (Lipinski definition) is 1. The first kappa shape index (κ1) is 23.4. The standard InChI is InChI=1S/C20H42NO.BrH/c1-7-8-9-10-11-12-15-21(5,6)19-16-18(17(2)3)13-14-20(19,4)22;/h17-19,22H,7-16H2,1-6H3;1H/q+1;/p-1. The van der Waals surface area contributed by atoms with Gasteiger partial charge in [0, 0.05) is 6.42 Å². The lowest BCUT2D eigenvalue weighted by molar-refractivity contribution is -0.924. The van der Waals surface area contributed by atoms with Crippen LogP contribution in [-0.2, 0) is 0 Å². The summed E-state index contributed by atoms with van der Waals surface area (Å²) in [6.45, 7) is 10.2. The fourth-order valence-corrected chi connectivity index (χ4v) is 4.40. The number of hydrogen-bond acceptors (Lipinski definition) is 1. The van der Waals surface area contributed by atoms with Crippen molar-refractivity contribution in [3.8, 4) is 0 Å². The molecule has 0 aromatic rings. The molecule has 0 bridgehead atoms. The van der Waals surface area contributed by atoms with Crippen molar-refractivity contribution in [2.24, 2.45) is 11.8 Å². The molecule has 0 heterocycles. The van der Waals surface area contributed by atoms with E-state index in [4.69, 9.17) is 0 Å². The summed E-state index contributed by atoms with van der Waals surface area (Å²) in [7, 11) is 4.68. The molecule has 0 saturated heterocycles. The summed E-state index contributed by atoms with van der Waals surface area (Å²) < 4.78 is 0.990. The monoisotopic (exact) mass is 391 g/mol. The Hall–Kier alpha value is 0.400. The molecular formula is C20H42BrNO. The van der Waals surface area contributed by atoms with Crippen LogP contribution >= 0.6 is 0 Å². The van der Waals surface area contributed by atoms with Crippen LogP contribution in [0.1, 0.15) is 85.5 Å². The Balaban J connectivity index is 0.00000484. The molecule has 1 aliphatic rings. The minimum atomic E-state index is -0.489. The number of quaternary nitrogens is 1. The zero-order valence-electron chi connectivity index (χ0n) is 16.6. The van der Waals surface area contributed by atoms with E-state index in [-0.39, 0.29) is 17.0 Å². The van der Waals surface area contributed by atoms with Gasteiger partial charge in [-0.15, -0.1) is 0 Å². The molecule has 1 fully saturated rings. The second-order valence-corrected chi connectivity index (χ2v) is 8.92. The smallest absolute Gasteiger partial charge is 0.118 e. The van der Waals surface area contributed by atoms with Gasteiger partial charge in [-0.3, -0.25) is 0 Å². The van der Waals surface area contributed by atoms with Crippen LogP contribution in [0, 0.1) is 11.8 Å². The number of likely N-dealkylation sites (N-methyl/N-ethyl adjacent to an activating group) is 1. The topological polar surface area (TPSA) is 20.2 Å². The summed E-state index contributed by atoms with van der Waals surface area (Å²) in [5.74, 6) is 1.53. The Morgan fingerprint density at radius 1 is 1.09 bits per heavy atom. The third kappa shape index (κ3) is 7.44. The molecule has 1 N–H and O–H groups in total. The Morgan fingerprint density at radius 3 is 2.22 bits per heavy atom. The lowest BCUT2D eigenvalue weighted by Crippen LogP contribution is -3.00. The maximum Gasteiger partial charge on any atom is 0.118 e. The molecule has 0 aliphatic heterocycles.